The number of likely N-dealkylation sites (tertiary alicyclic amines) is 1. The molecule has 0 radical (unpaired) electrons. The van der Waals surface area contributed by atoms with Crippen molar-refractivity contribution in [3.8, 4) is 5.75 Å². The van der Waals surface area contributed by atoms with E-state index in [0.29, 0.717) is 43.1 Å². The smallest absolute Gasteiger partial charge is 0.253 e. The molecule has 1 spiro atoms. The molecule has 268 valence electrons. The van der Waals surface area contributed by atoms with Gasteiger partial charge in [-0.05, 0) is 81.6 Å². The van der Waals surface area contributed by atoms with Gasteiger partial charge in [0.2, 0.25) is 11.8 Å². The second kappa shape index (κ2) is 14.2. The summed E-state index contributed by atoms with van der Waals surface area (Å²) in [5, 5.41) is 10.8. The number of carbonyl (C=O) groups excluding carboxylic acids is 3. The Balaban J connectivity index is 1.46. The maximum absolute atomic E-state index is 15.1. The van der Waals surface area contributed by atoms with Crippen LogP contribution in [-0.4, -0.2) is 90.4 Å². The van der Waals surface area contributed by atoms with Crippen molar-refractivity contribution in [2.24, 2.45) is 17.8 Å². The molecule has 1 unspecified atom stereocenters. The average Bonchev–Trinajstić information content (AvgIpc) is 3.42. The van der Waals surface area contributed by atoms with Gasteiger partial charge in [0.15, 0.2) is 0 Å². The SMILES string of the molecule is CCOc1ccc(N2CC=C[C@]3(CC)O[C@]45C=CCN(c6ccc(N(CC)CC)cc6)C(=O)C4N([C@@H](CO)[C@@H](C)CC)C(=O)[C@@H]5[C@@H]3C2=O)cc1. The van der Waals surface area contributed by atoms with Crippen LogP contribution < -0.4 is 19.4 Å². The summed E-state index contributed by atoms with van der Waals surface area (Å²) in [7, 11) is 0. The van der Waals surface area contributed by atoms with E-state index in [1.54, 1.807) is 14.7 Å². The van der Waals surface area contributed by atoms with E-state index >= 15 is 9.59 Å². The lowest BCUT2D eigenvalue weighted by atomic mass is 9.73. The Hall–Kier alpha value is -4.15. The molecule has 3 amide bonds. The molecule has 1 N–H and O–H groups in total. The maximum atomic E-state index is 15.1. The van der Waals surface area contributed by atoms with E-state index in [1.807, 2.05) is 101 Å². The summed E-state index contributed by atoms with van der Waals surface area (Å²) in [5.74, 6) is -2.12. The van der Waals surface area contributed by atoms with E-state index in [0.717, 1.165) is 18.8 Å². The number of benzene rings is 2. The molecule has 2 saturated heterocycles. The zero-order valence-corrected chi connectivity index (χ0v) is 30.2. The summed E-state index contributed by atoms with van der Waals surface area (Å²) in [4.78, 5) is 52.3. The van der Waals surface area contributed by atoms with Crippen molar-refractivity contribution < 1.29 is 29.0 Å². The maximum Gasteiger partial charge on any atom is 0.253 e. The van der Waals surface area contributed by atoms with E-state index in [9.17, 15) is 9.90 Å². The summed E-state index contributed by atoms with van der Waals surface area (Å²) in [6.45, 7) is 14.6. The van der Waals surface area contributed by atoms with Crippen molar-refractivity contribution in [3.63, 3.8) is 0 Å². The minimum absolute atomic E-state index is 0.109. The van der Waals surface area contributed by atoms with Crippen molar-refractivity contribution in [2.75, 3.05) is 54.1 Å². The summed E-state index contributed by atoms with van der Waals surface area (Å²) >= 11 is 0. The molecule has 50 heavy (non-hydrogen) atoms. The Morgan fingerprint density at radius 3 is 2.00 bits per heavy atom. The van der Waals surface area contributed by atoms with Gasteiger partial charge in [-0.25, -0.2) is 0 Å². The Morgan fingerprint density at radius 2 is 1.44 bits per heavy atom. The van der Waals surface area contributed by atoms with Crippen LogP contribution in [0.2, 0.25) is 0 Å². The fourth-order valence-corrected chi connectivity index (χ4v) is 8.66. The van der Waals surface area contributed by atoms with Gasteiger partial charge >= 0.3 is 0 Å². The first-order chi connectivity index (χ1) is 24.1. The molecule has 10 nitrogen and oxygen atoms in total. The number of carbonyl (C=O) groups is 3. The minimum Gasteiger partial charge on any atom is -0.494 e. The number of fused-ring (bicyclic) bond motifs is 2. The monoisotopic (exact) mass is 684 g/mol. The Kier molecular flexibility index (Phi) is 10.2. The molecular formula is C40H52N4O6. The van der Waals surface area contributed by atoms with Gasteiger partial charge < -0.3 is 34.2 Å². The summed E-state index contributed by atoms with van der Waals surface area (Å²) < 4.78 is 12.8. The van der Waals surface area contributed by atoms with Crippen LogP contribution in [-0.2, 0) is 19.1 Å². The summed E-state index contributed by atoms with van der Waals surface area (Å²) in [5.41, 5.74) is -0.0718. The molecule has 0 bridgehead atoms. The molecule has 0 aromatic heterocycles. The van der Waals surface area contributed by atoms with E-state index < -0.39 is 35.1 Å². The topological polar surface area (TPSA) is 103 Å². The zero-order valence-electron chi connectivity index (χ0n) is 30.2. The van der Waals surface area contributed by atoms with Crippen LogP contribution in [0.5, 0.6) is 5.75 Å². The lowest BCUT2D eigenvalue weighted by molar-refractivity contribution is -0.150. The number of aliphatic hydroxyl groups excluding tert-OH is 1. The molecule has 2 aromatic carbocycles. The fraction of sp³-hybridized carbons (Fsp3) is 0.525. The zero-order chi connectivity index (χ0) is 35.8. The van der Waals surface area contributed by atoms with Crippen LogP contribution >= 0.6 is 0 Å². The highest BCUT2D eigenvalue weighted by Crippen LogP contribution is 2.59. The van der Waals surface area contributed by atoms with Gasteiger partial charge in [-0.2, -0.15) is 0 Å². The number of hydrogen-bond acceptors (Lipinski definition) is 7. The molecule has 2 fully saturated rings. The van der Waals surface area contributed by atoms with E-state index in [2.05, 4.69) is 18.7 Å². The third-order valence-electron chi connectivity index (χ3n) is 11.5. The third kappa shape index (κ3) is 5.61. The first-order valence-electron chi connectivity index (χ1n) is 18.3. The fourth-order valence-electron chi connectivity index (χ4n) is 8.66. The van der Waals surface area contributed by atoms with Crippen molar-refractivity contribution in [2.45, 2.75) is 77.7 Å². The lowest BCUT2D eigenvalue weighted by Crippen LogP contribution is -2.60. The molecule has 4 heterocycles. The van der Waals surface area contributed by atoms with Crippen LogP contribution in [0.15, 0.2) is 72.8 Å². The van der Waals surface area contributed by atoms with Crippen molar-refractivity contribution in [1.29, 1.82) is 0 Å². The number of ether oxygens (including phenoxy) is 2. The highest BCUT2D eigenvalue weighted by molar-refractivity contribution is 6.08. The van der Waals surface area contributed by atoms with Gasteiger partial charge in [0.05, 0.1) is 36.7 Å². The average molecular weight is 685 g/mol. The standard InChI is InChI=1S/C40H52N4O6/c1-7-27(6)32(26-45)44-35-38(48)43(29-16-14-28(15-17-29)41(9-3)10-4)25-13-23-40(35)34(37(44)47)33-36(46)42(24-12-22-39(33,8-2)50-40)30-18-20-31(21-19-30)49-11-5/h12-23,27,32-35,45H,7-11,24-26H2,1-6H3/t27-,32-,33+,34-,35?,39-,40-/m0/s1. The Labute approximate surface area is 296 Å². The van der Waals surface area contributed by atoms with Gasteiger partial charge in [-0.15, -0.1) is 0 Å². The van der Waals surface area contributed by atoms with Crippen LogP contribution in [0, 0.1) is 17.8 Å². The third-order valence-corrected chi connectivity index (χ3v) is 11.5. The van der Waals surface area contributed by atoms with E-state index in [4.69, 9.17) is 9.47 Å². The lowest BCUT2D eigenvalue weighted by Gasteiger charge is -2.42. The number of hydrogen-bond donors (Lipinski definition) is 1. The predicted octanol–water partition coefficient (Wildman–Crippen LogP) is 5.21. The number of rotatable bonds is 12. The number of amides is 3. The highest BCUT2D eigenvalue weighted by Gasteiger charge is 2.76. The normalized spacial score (nSPS) is 28.6. The Morgan fingerprint density at radius 1 is 0.840 bits per heavy atom. The number of anilines is 3. The summed E-state index contributed by atoms with van der Waals surface area (Å²) in [6.07, 6.45) is 8.79. The van der Waals surface area contributed by atoms with Crippen LogP contribution in [0.4, 0.5) is 17.1 Å². The van der Waals surface area contributed by atoms with Crippen LogP contribution in [0.25, 0.3) is 0 Å². The Bertz CT molecular complexity index is 1620. The molecule has 2 aromatic rings. The van der Waals surface area contributed by atoms with Crippen molar-refractivity contribution in [1.82, 2.24) is 4.90 Å². The summed E-state index contributed by atoms with van der Waals surface area (Å²) in [6, 6.07) is 13.6. The first kappa shape index (κ1) is 35.7. The molecule has 6 rings (SSSR count). The number of aliphatic hydroxyl groups is 1. The van der Waals surface area contributed by atoms with Crippen LogP contribution in [0.1, 0.15) is 54.4 Å². The van der Waals surface area contributed by atoms with Gasteiger partial charge in [0.1, 0.15) is 17.4 Å². The van der Waals surface area contributed by atoms with Gasteiger partial charge in [0.25, 0.3) is 5.91 Å². The molecule has 7 atom stereocenters. The molecule has 10 heteroatoms. The molecule has 4 aliphatic heterocycles. The van der Waals surface area contributed by atoms with Gasteiger partial charge in [-0.3, -0.25) is 14.4 Å². The number of nitrogens with zero attached hydrogens (tertiary/aromatic N) is 4. The van der Waals surface area contributed by atoms with Gasteiger partial charge in [-0.1, -0.05) is 51.5 Å². The van der Waals surface area contributed by atoms with Crippen molar-refractivity contribution in [3.05, 3.63) is 72.8 Å². The minimum atomic E-state index is -1.42. The van der Waals surface area contributed by atoms with Crippen LogP contribution in [0.3, 0.4) is 0 Å². The van der Waals surface area contributed by atoms with Crippen molar-refractivity contribution >= 4 is 34.8 Å². The van der Waals surface area contributed by atoms with Gasteiger partial charge in [0, 0.05) is 43.2 Å². The second-order valence-corrected chi connectivity index (χ2v) is 13.8. The highest BCUT2D eigenvalue weighted by atomic mass is 16.5. The molecule has 0 saturated carbocycles. The first-order valence-corrected chi connectivity index (χ1v) is 18.3. The molecule has 4 aliphatic rings. The molecular weight excluding hydrogens is 632 g/mol. The second-order valence-electron chi connectivity index (χ2n) is 13.8. The van der Waals surface area contributed by atoms with E-state index in [1.165, 1.54) is 0 Å². The molecule has 0 aliphatic carbocycles. The largest absolute Gasteiger partial charge is 0.494 e. The quantitative estimate of drug-likeness (QED) is 0.307. The predicted molar refractivity (Wildman–Crippen MR) is 195 cm³/mol. The van der Waals surface area contributed by atoms with E-state index in [-0.39, 0.29) is 36.8 Å².